The van der Waals surface area contributed by atoms with E-state index in [1.807, 2.05) is 0 Å². The minimum atomic E-state index is -1.04. The van der Waals surface area contributed by atoms with Crippen molar-refractivity contribution in [3.63, 3.8) is 0 Å². The Morgan fingerprint density at radius 2 is 1.63 bits per heavy atom. The summed E-state index contributed by atoms with van der Waals surface area (Å²) in [6.07, 6.45) is 0. The number of fused-ring (bicyclic) bond motifs is 1. The molecule has 1 heterocycles. The second-order valence-electron chi connectivity index (χ2n) is 6.56. The lowest BCUT2D eigenvalue weighted by Crippen LogP contribution is -2.45. The van der Waals surface area contributed by atoms with Crippen LogP contribution in [0.3, 0.4) is 0 Å². The Kier molecular flexibility index (Phi) is 6.15. The fourth-order valence-electron chi connectivity index (χ4n) is 3.16. The van der Waals surface area contributed by atoms with Crippen LogP contribution in [0.4, 0.5) is 5.69 Å². The van der Waals surface area contributed by atoms with Gasteiger partial charge in [0.15, 0.2) is 0 Å². The van der Waals surface area contributed by atoms with Crippen LogP contribution >= 0.6 is 0 Å². The van der Waals surface area contributed by atoms with Crippen LogP contribution in [-0.4, -0.2) is 47.8 Å². The Labute approximate surface area is 173 Å². The van der Waals surface area contributed by atoms with Crippen LogP contribution in [-0.2, 0) is 9.53 Å². The van der Waals surface area contributed by atoms with E-state index in [0.29, 0.717) is 12.3 Å². The number of nitrogens with zero attached hydrogens (tertiary/aromatic N) is 1. The van der Waals surface area contributed by atoms with E-state index in [4.69, 9.17) is 9.47 Å². The Hall–Kier alpha value is -3.68. The Morgan fingerprint density at radius 3 is 2.20 bits per heavy atom. The van der Waals surface area contributed by atoms with Gasteiger partial charge in [0.05, 0.1) is 35.6 Å². The fourth-order valence-corrected chi connectivity index (χ4v) is 3.16. The summed E-state index contributed by atoms with van der Waals surface area (Å²) in [6, 6.07) is 9.89. The minimum absolute atomic E-state index is 0.235. The number of carbonyl (C=O) groups is 4. The van der Waals surface area contributed by atoms with Gasteiger partial charge in [0.2, 0.25) is 5.91 Å². The van der Waals surface area contributed by atoms with Crippen LogP contribution in [0.25, 0.3) is 0 Å². The highest BCUT2D eigenvalue weighted by molar-refractivity contribution is 6.23. The minimum Gasteiger partial charge on any atom is -0.492 e. The monoisotopic (exact) mass is 410 g/mol. The highest BCUT2D eigenvalue weighted by Crippen LogP contribution is 2.28. The molecule has 0 aliphatic carbocycles. The third-order valence-electron chi connectivity index (χ3n) is 4.64. The van der Waals surface area contributed by atoms with Gasteiger partial charge >= 0.3 is 5.97 Å². The van der Waals surface area contributed by atoms with E-state index in [-0.39, 0.29) is 29.0 Å². The molecular formula is C22H22N2O6. The molecule has 30 heavy (non-hydrogen) atoms. The number of hydrogen-bond acceptors (Lipinski definition) is 6. The van der Waals surface area contributed by atoms with Crippen molar-refractivity contribution in [2.45, 2.75) is 26.8 Å². The first-order valence-electron chi connectivity index (χ1n) is 9.60. The molecule has 1 atom stereocenters. The molecule has 1 aliphatic rings. The van der Waals surface area contributed by atoms with Crippen molar-refractivity contribution < 1.29 is 28.7 Å². The Morgan fingerprint density at radius 1 is 1.00 bits per heavy atom. The van der Waals surface area contributed by atoms with Crippen molar-refractivity contribution in [2.24, 2.45) is 0 Å². The zero-order chi connectivity index (χ0) is 21.8. The first kappa shape index (κ1) is 21.0. The van der Waals surface area contributed by atoms with E-state index in [2.05, 4.69) is 5.32 Å². The Bertz CT molecular complexity index is 981. The van der Waals surface area contributed by atoms with Gasteiger partial charge in [-0.15, -0.1) is 0 Å². The standard InChI is InChI=1S/C22H22N2O6/c1-4-29-18-12-14(22(28)30-5-2)10-11-17(18)23-19(25)13(3)24-20(26)15-8-6-7-9-16(15)21(24)27/h6-13H,4-5H2,1-3H3,(H,23,25). The smallest absolute Gasteiger partial charge is 0.338 e. The second kappa shape index (κ2) is 8.77. The normalized spacial score (nSPS) is 13.6. The summed E-state index contributed by atoms with van der Waals surface area (Å²) in [6.45, 7) is 5.49. The molecule has 0 bridgehead atoms. The van der Waals surface area contributed by atoms with E-state index in [9.17, 15) is 19.2 Å². The molecule has 1 N–H and O–H groups in total. The van der Waals surface area contributed by atoms with E-state index in [0.717, 1.165) is 4.90 Å². The molecule has 2 aromatic carbocycles. The molecule has 0 saturated heterocycles. The number of amides is 3. The maximum Gasteiger partial charge on any atom is 0.338 e. The summed E-state index contributed by atoms with van der Waals surface area (Å²) in [7, 11) is 0. The molecule has 0 radical (unpaired) electrons. The van der Waals surface area contributed by atoms with E-state index < -0.39 is 29.7 Å². The second-order valence-corrected chi connectivity index (χ2v) is 6.56. The van der Waals surface area contributed by atoms with Gasteiger partial charge in [-0.05, 0) is 51.1 Å². The average molecular weight is 410 g/mol. The molecule has 0 fully saturated rings. The number of anilines is 1. The quantitative estimate of drug-likeness (QED) is 0.556. The maximum atomic E-state index is 12.8. The summed E-state index contributed by atoms with van der Waals surface area (Å²) in [5.41, 5.74) is 1.15. The first-order valence-corrected chi connectivity index (χ1v) is 9.60. The third kappa shape index (κ3) is 3.89. The molecule has 1 aliphatic heterocycles. The lowest BCUT2D eigenvalue weighted by atomic mass is 10.1. The molecule has 3 rings (SSSR count). The SMILES string of the molecule is CCOC(=O)c1ccc(NC(=O)C(C)N2C(=O)c3ccccc3C2=O)c(OCC)c1. The topological polar surface area (TPSA) is 102 Å². The van der Waals surface area contributed by atoms with Gasteiger partial charge in [-0.3, -0.25) is 19.3 Å². The van der Waals surface area contributed by atoms with Crippen LogP contribution in [0.2, 0.25) is 0 Å². The number of esters is 1. The van der Waals surface area contributed by atoms with Gasteiger partial charge in [0, 0.05) is 0 Å². The molecule has 2 aromatic rings. The van der Waals surface area contributed by atoms with E-state index >= 15 is 0 Å². The predicted molar refractivity (Wildman–Crippen MR) is 109 cm³/mol. The number of imide groups is 1. The number of benzene rings is 2. The van der Waals surface area contributed by atoms with Gasteiger partial charge in [-0.2, -0.15) is 0 Å². The van der Waals surface area contributed by atoms with E-state index in [1.165, 1.54) is 25.1 Å². The zero-order valence-electron chi connectivity index (χ0n) is 16.9. The highest BCUT2D eigenvalue weighted by atomic mass is 16.5. The molecule has 156 valence electrons. The largest absolute Gasteiger partial charge is 0.492 e. The molecule has 1 unspecified atom stereocenters. The molecule has 0 spiro atoms. The lowest BCUT2D eigenvalue weighted by molar-refractivity contribution is -0.119. The van der Waals surface area contributed by atoms with Crippen LogP contribution in [0.5, 0.6) is 5.75 Å². The average Bonchev–Trinajstić information content (AvgIpc) is 2.99. The number of carbonyl (C=O) groups excluding carboxylic acids is 4. The maximum absolute atomic E-state index is 12.8. The van der Waals surface area contributed by atoms with Crippen molar-refractivity contribution >= 4 is 29.4 Å². The lowest BCUT2D eigenvalue weighted by Gasteiger charge is -2.22. The summed E-state index contributed by atoms with van der Waals surface area (Å²) in [5.74, 6) is -1.81. The predicted octanol–water partition coefficient (Wildman–Crippen LogP) is 2.89. The molecule has 8 heteroatoms. The molecule has 0 aromatic heterocycles. The fraction of sp³-hybridized carbons (Fsp3) is 0.273. The van der Waals surface area contributed by atoms with Crippen LogP contribution in [0.1, 0.15) is 51.8 Å². The molecular weight excluding hydrogens is 388 g/mol. The summed E-state index contributed by atoms with van der Waals surface area (Å²) >= 11 is 0. The highest BCUT2D eigenvalue weighted by Gasteiger charge is 2.40. The van der Waals surface area contributed by atoms with Gasteiger partial charge in [0.25, 0.3) is 11.8 Å². The molecule has 0 saturated carbocycles. The van der Waals surface area contributed by atoms with Gasteiger partial charge < -0.3 is 14.8 Å². The number of nitrogens with one attached hydrogen (secondary N) is 1. The summed E-state index contributed by atoms with van der Waals surface area (Å²) in [5, 5.41) is 2.68. The number of ether oxygens (including phenoxy) is 2. The van der Waals surface area contributed by atoms with Crippen molar-refractivity contribution in [1.29, 1.82) is 0 Å². The molecule has 8 nitrogen and oxygen atoms in total. The summed E-state index contributed by atoms with van der Waals surface area (Å²) in [4.78, 5) is 50.9. The van der Waals surface area contributed by atoms with Crippen molar-refractivity contribution in [1.82, 2.24) is 4.90 Å². The van der Waals surface area contributed by atoms with Crippen LogP contribution in [0, 0.1) is 0 Å². The third-order valence-corrected chi connectivity index (χ3v) is 4.64. The number of rotatable bonds is 7. The van der Waals surface area contributed by atoms with Gasteiger partial charge in [-0.1, -0.05) is 12.1 Å². The zero-order valence-corrected chi connectivity index (χ0v) is 16.9. The van der Waals surface area contributed by atoms with E-state index in [1.54, 1.807) is 38.1 Å². The van der Waals surface area contributed by atoms with Gasteiger partial charge in [-0.25, -0.2) is 4.79 Å². The van der Waals surface area contributed by atoms with Crippen LogP contribution < -0.4 is 10.1 Å². The Balaban J connectivity index is 1.81. The van der Waals surface area contributed by atoms with Crippen molar-refractivity contribution in [3.8, 4) is 5.75 Å². The van der Waals surface area contributed by atoms with Crippen LogP contribution in [0.15, 0.2) is 42.5 Å². The molecule has 3 amide bonds. The van der Waals surface area contributed by atoms with Gasteiger partial charge in [0.1, 0.15) is 11.8 Å². The van der Waals surface area contributed by atoms with Crippen molar-refractivity contribution in [3.05, 3.63) is 59.2 Å². The summed E-state index contributed by atoms with van der Waals surface area (Å²) < 4.78 is 10.5. The number of hydrogen-bond donors (Lipinski definition) is 1. The van der Waals surface area contributed by atoms with Crippen molar-refractivity contribution in [2.75, 3.05) is 18.5 Å². The first-order chi connectivity index (χ1) is 14.4.